The monoisotopic (exact) mass is 291 g/mol. The number of carboxylic acid groups (broad SMARTS) is 1. The van der Waals surface area contributed by atoms with E-state index in [1.165, 1.54) is 16.9 Å². The van der Waals surface area contributed by atoms with Gasteiger partial charge in [-0.3, -0.25) is 19.0 Å². The molecule has 0 saturated carbocycles. The standard InChI is InChI=1S/C13H17N5O3/c1-3-18-11(4-6-14-18)9(2)15-13(21)10-5-7-17(16-10)8-12(19)20/h4-7,9H,3,8H2,1-2H3,(H,15,21)(H,19,20). The average molecular weight is 291 g/mol. The summed E-state index contributed by atoms with van der Waals surface area (Å²) in [6, 6.07) is 3.11. The predicted molar refractivity (Wildman–Crippen MR) is 73.6 cm³/mol. The summed E-state index contributed by atoms with van der Waals surface area (Å²) in [7, 11) is 0. The van der Waals surface area contributed by atoms with Gasteiger partial charge in [0.25, 0.3) is 5.91 Å². The minimum Gasteiger partial charge on any atom is -0.480 e. The maximum atomic E-state index is 12.1. The molecule has 0 aliphatic carbocycles. The fourth-order valence-corrected chi connectivity index (χ4v) is 2.03. The summed E-state index contributed by atoms with van der Waals surface area (Å²) in [5.41, 5.74) is 1.08. The topological polar surface area (TPSA) is 102 Å². The number of hydrogen-bond acceptors (Lipinski definition) is 4. The van der Waals surface area contributed by atoms with Gasteiger partial charge in [0.2, 0.25) is 0 Å². The third-order valence-corrected chi connectivity index (χ3v) is 3.01. The van der Waals surface area contributed by atoms with E-state index in [4.69, 9.17) is 5.11 Å². The number of amides is 1. The van der Waals surface area contributed by atoms with Crippen LogP contribution in [0, 0.1) is 0 Å². The molecule has 112 valence electrons. The first-order chi connectivity index (χ1) is 10.0. The summed E-state index contributed by atoms with van der Waals surface area (Å²) in [5.74, 6) is -1.36. The summed E-state index contributed by atoms with van der Waals surface area (Å²) in [5, 5.41) is 19.6. The lowest BCUT2D eigenvalue weighted by atomic mass is 10.2. The highest BCUT2D eigenvalue weighted by molar-refractivity contribution is 5.92. The predicted octanol–water partition coefficient (Wildman–Crippen LogP) is 0.675. The van der Waals surface area contributed by atoms with Crippen LogP contribution < -0.4 is 5.32 Å². The van der Waals surface area contributed by atoms with Crippen molar-refractivity contribution in [3.8, 4) is 0 Å². The molecule has 0 radical (unpaired) electrons. The number of carbonyl (C=O) groups excluding carboxylic acids is 1. The molecule has 2 aromatic heterocycles. The molecule has 0 spiro atoms. The van der Waals surface area contributed by atoms with Crippen molar-refractivity contribution in [2.24, 2.45) is 0 Å². The van der Waals surface area contributed by atoms with Crippen LogP contribution in [0.4, 0.5) is 0 Å². The summed E-state index contributed by atoms with van der Waals surface area (Å²) >= 11 is 0. The van der Waals surface area contributed by atoms with E-state index < -0.39 is 5.97 Å². The second-order valence-corrected chi connectivity index (χ2v) is 4.56. The van der Waals surface area contributed by atoms with Crippen LogP contribution in [-0.2, 0) is 17.9 Å². The molecule has 0 aliphatic rings. The lowest BCUT2D eigenvalue weighted by molar-refractivity contribution is -0.137. The molecule has 0 aromatic carbocycles. The number of nitrogens with zero attached hydrogens (tertiary/aromatic N) is 4. The Balaban J connectivity index is 2.04. The molecule has 21 heavy (non-hydrogen) atoms. The Hall–Kier alpha value is -2.64. The molecule has 2 heterocycles. The van der Waals surface area contributed by atoms with Gasteiger partial charge in [0.15, 0.2) is 0 Å². The average Bonchev–Trinajstić information content (AvgIpc) is 3.05. The molecule has 0 saturated heterocycles. The molecule has 8 nitrogen and oxygen atoms in total. The summed E-state index contributed by atoms with van der Waals surface area (Å²) in [6.07, 6.45) is 3.15. The van der Waals surface area contributed by atoms with Gasteiger partial charge in [0, 0.05) is 18.9 Å². The van der Waals surface area contributed by atoms with Crippen molar-refractivity contribution in [2.75, 3.05) is 0 Å². The van der Waals surface area contributed by atoms with E-state index in [2.05, 4.69) is 15.5 Å². The number of carboxylic acids is 1. The third kappa shape index (κ3) is 3.47. The molecule has 0 aliphatic heterocycles. The zero-order chi connectivity index (χ0) is 15.4. The Morgan fingerprint density at radius 3 is 2.86 bits per heavy atom. The first kappa shape index (κ1) is 14.8. The highest BCUT2D eigenvalue weighted by atomic mass is 16.4. The smallest absolute Gasteiger partial charge is 0.325 e. The summed E-state index contributed by atoms with van der Waals surface area (Å²) < 4.78 is 3.01. The molecule has 0 fully saturated rings. The van der Waals surface area contributed by atoms with E-state index in [0.717, 1.165) is 12.2 Å². The molecular formula is C13H17N5O3. The SMILES string of the molecule is CCn1nccc1C(C)NC(=O)c1ccn(CC(=O)O)n1. The number of aryl methyl sites for hydroxylation is 1. The van der Waals surface area contributed by atoms with Crippen molar-refractivity contribution in [3.63, 3.8) is 0 Å². The highest BCUT2D eigenvalue weighted by Crippen LogP contribution is 2.12. The van der Waals surface area contributed by atoms with Gasteiger partial charge in [-0.25, -0.2) is 0 Å². The minimum atomic E-state index is -1.01. The van der Waals surface area contributed by atoms with E-state index in [1.807, 2.05) is 19.9 Å². The molecule has 2 rings (SSSR count). The minimum absolute atomic E-state index is 0.186. The molecule has 2 N–H and O–H groups in total. The van der Waals surface area contributed by atoms with Crippen LogP contribution in [0.5, 0.6) is 0 Å². The normalized spacial score (nSPS) is 12.1. The van der Waals surface area contributed by atoms with E-state index in [0.29, 0.717) is 0 Å². The van der Waals surface area contributed by atoms with Crippen molar-refractivity contribution in [1.82, 2.24) is 24.9 Å². The van der Waals surface area contributed by atoms with Gasteiger partial charge in [-0.1, -0.05) is 0 Å². The molecule has 0 bridgehead atoms. The fourth-order valence-electron chi connectivity index (χ4n) is 2.03. The maximum Gasteiger partial charge on any atom is 0.325 e. The first-order valence-electron chi connectivity index (χ1n) is 6.59. The molecule has 1 atom stereocenters. The van der Waals surface area contributed by atoms with Crippen LogP contribution in [0.1, 0.15) is 36.1 Å². The molecule has 2 aromatic rings. The Bertz CT molecular complexity index is 646. The summed E-state index contributed by atoms with van der Waals surface area (Å²) in [4.78, 5) is 22.7. The van der Waals surface area contributed by atoms with Crippen LogP contribution in [0.25, 0.3) is 0 Å². The van der Waals surface area contributed by atoms with Gasteiger partial charge < -0.3 is 10.4 Å². The fraction of sp³-hybridized carbons (Fsp3) is 0.385. The van der Waals surface area contributed by atoms with Crippen LogP contribution in [0.2, 0.25) is 0 Å². The molecule has 8 heteroatoms. The quantitative estimate of drug-likeness (QED) is 0.814. The number of nitrogens with one attached hydrogen (secondary N) is 1. The summed E-state index contributed by atoms with van der Waals surface area (Å²) in [6.45, 7) is 4.27. The van der Waals surface area contributed by atoms with Crippen molar-refractivity contribution < 1.29 is 14.7 Å². The van der Waals surface area contributed by atoms with E-state index in [1.54, 1.807) is 10.9 Å². The van der Waals surface area contributed by atoms with Crippen molar-refractivity contribution in [3.05, 3.63) is 35.9 Å². The van der Waals surface area contributed by atoms with Gasteiger partial charge in [-0.15, -0.1) is 0 Å². The zero-order valence-corrected chi connectivity index (χ0v) is 11.9. The number of aromatic nitrogens is 4. The van der Waals surface area contributed by atoms with Crippen LogP contribution in [0.15, 0.2) is 24.5 Å². The van der Waals surface area contributed by atoms with Crippen LogP contribution in [-0.4, -0.2) is 36.5 Å². The number of carbonyl (C=O) groups is 2. The van der Waals surface area contributed by atoms with Gasteiger partial charge in [0.1, 0.15) is 12.2 Å². The van der Waals surface area contributed by atoms with Crippen molar-refractivity contribution in [2.45, 2.75) is 33.0 Å². The Labute approximate surface area is 121 Å². The zero-order valence-electron chi connectivity index (χ0n) is 11.9. The van der Waals surface area contributed by atoms with Gasteiger partial charge in [-0.05, 0) is 26.0 Å². The number of hydrogen-bond donors (Lipinski definition) is 2. The van der Waals surface area contributed by atoms with Crippen molar-refractivity contribution in [1.29, 1.82) is 0 Å². The Morgan fingerprint density at radius 1 is 1.43 bits per heavy atom. The first-order valence-corrected chi connectivity index (χ1v) is 6.59. The third-order valence-electron chi connectivity index (χ3n) is 3.01. The second-order valence-electron chi connectivity index (χ2n) is 4.56. The van der Waals surface area contributed by atoms with E-state index in [-0.39, 0.29) is 24.2 Å². The Morgan fingerprint density at radius 2 is 2.19 bits per heavy atom. The molecular weight excluding hydrogens is 274 g/mol. The molecule has 1 amide bonds. The molecule has 1 unspecified atom stereocenters. The largest absolute Gasteiger partial charge is 0.480 e. The van der Waals surface area contributed by atoms with Gasteiger partial charge >= 0.3 is 5.97 Å². The lowest BCUT2D eigenvalue weighted by Gasteiger charge is -2.14. The Kier molecular flexibility index (Phi) is 4.36. The van der Waals surface area contributed by atoms with E-state index in [9.17, 15) is 9.59 Å². The van der Waals surface area contributed by atoms with Gasteiger partial charge in [0.05, 0.1) is 11.7 Å². The number of rotatable bonds is 6. The highest BCUT2D eigenvalue weighted by Gasteiger charge is 2.16. The van der Waals surface area contributed by atoms with Crippen LogP contribution in [0.3, 0.4) is 0 Å². The lowest BCUT2D eigenvalue weighted by Crippen LogP contribution is -2.28. The van der Waals surface area contributed by atoms with Crippen molar-refractivity contribution >= 4 is 11.9 Å². The number of aliphatic carboxylic acids is 1. The van der Waals surface area contributed by atoms with Crippen LogP contribution >= 0.6 is 0 Å². The second kappa shape index (κ2) is 6.21. The van der Waals surface area contributed by atoms with Gasteiger partial charge in [-0.2, -0.15) is 10.2 Å². The maximum absolute atomic E-state index is 12.1. The van der Waals surface area contributed by atoms with E-state index >= 15 is 0 Å².